The molecule has 0 unspecified atom stereocenters. The number of nitrogens with one attached hydrogen (secondary N) is 1. The summed E-state index contributed by atoms with van der Waals surface area (Å²) in [6.45, 7) is 8.56. The molecule has 0 aliphatic heterocycles. The molecule has 0 amide bonds. The predicted molar refractivity (Wildman–Crippen MR) is 64.1 cm³/mol. The van der Waals surface area contributed by atoms with Gasteiger partial charge in [0, 0.05) is 6.42 Å². The highest BCUT2D eigenvalue weighted by atomic mass is 14.8. The largest absolute Gasteiger partial charge is 0.316 e. The summed E-state index contributed by atoms with van der Waals surface area (Å²) in [5.74, 6) is 6.69. The van der Waals surface area contributed by atoms with Crippen LogP contribution in [-0.2, 0) is 0 Å². The molecular weight excluding hydrogens is 170 g/mol. The van der Waals surface area contributed by atoms with E-state index in [9.17, 15) is 0 Å². The van der Waals surface area contributed by atoms with E-state index >= 15 is 0 Å². The Morgan fingerprint density at radius 2 is 1.93 bits per heavy atom. The van der Waals surface area contributed by atoms with E-state index in [1.807, 2.05) is 6.92 Å². The molecule has 0 aromatic rings. The van der Waals surface area contributed by atoms with Crippen LogP contribution in [-0.4, -0.2) is 13.1 Å². The number of rotatable bonds is 7. The second kappa shape index (κ2) is 10.3. The van der Waals surface area contributed by atoms with Gasteiger partial charge in [0.2, 0.25) is 0 Å². The molecule has 14 heavy (non-hydrogen) atoms. The highest BCUT2D eigenvalue weighted by Gasteiger charge is 1.89. The van der Waals surface area contributed by atoms with Crippen LogP contribution in [0.15, 0.2) is 12.2 Å². The third-order valence-corrected chi connectivity index (χ3v) is 1.82. The van der Waals surface area contributed by atoms with Gasteiger partial charge in [-0.25, -0.2) is 0 Å². The molecule has 0 heterocycles. The lowest BCUT2D eigenvalue weighted by Gasteiger charge is -2.04. The van der Waals surface area contributed by atoms with Crippen molar-refractivity contribution in [2.24, 2.45) is 5.92 Å². The molecule has 1 heteroatoms. The van der Waals surface area contributed by atoms with E-state index in [4.69, 9.17) is 0 Å². The average Bonchev–Trinajstić information content (AvgIpc) is 2.15. The molecule has 0 saturated heterocycles. The van der Waals surface area contributed by atoms with E-state index in [1.165, 1.54) is 0 Å². The average molecular weight is 193 g/mol. The van der Waals surface area contributed by atoms with Crippen molar-refractivity contribution in [1.82, 2.24) is 5.32 Å². The van der Waals surface area contributed by atoms with E-state index in [0.717, 1.165) is 38.3 Å². The zero-order valence-electron chi connectivity index (χ0n) is 9.77. The molecule has 0 rings (SSSR count). The molecule has 0 bridgehead atoms. The van der Waals surface area contributed by atoms with Gasteiger partial charge >= 0.3 is 0 Å². The summed E-state index contributed by atoms with van der Waals surface area (Å²) >= 11 is 0. The number of hydrogen-bond acceptors (Lipinski definition) is 1. The smallest absolute Gasteiger partial charge is 0.0123 e. The van der Waals surface area contributed by atoms with Gasteiger partial charge in [0.05, 0.1) is 0 Å². The Morgan fingerprint density at radius 3 is 2.57 bits per heavy atom. The van der Waals surface area contributed by atoms with Crippen molar-refractivity contribution in [2.45, 2.75) is 40.0 Å². The van der Waals surface area contributed by atoms with Crippen molar-refractivity contribution < 1.29 is 0 Å². The van der Waals surface area contributed by atoms with Crippen LogP contribution in [0, 0.1) is 17.8 Å². The normalized spacial score (nSPS) is 10.6. The fourth-order valence-corrected chi connectivity index (χ4v) is 1.09. The second-order valence-electron chi connectivity index (χ2n) is 3.82. The monoisotopic (exact) mass is 193 g/mol. The van der Waals surface area contributed by atoms with E-state index in [-0.39, 0.29) is 0 Å². The molecule has 0 saturated carbocycles. The molecule has 0 aliphatic carbocycles. The Kier molecular flexibility index (Phi) is 9.79. The lowest BCUT2D eigenvalue weighted by Crippen LogP contribution is -2.20. The van der Waals surface area contributed by atoms with Crippen molar-refractivity contribution in [2.75, 3.05) is 13.1 Å². The summed E-state index contributed by atoms with van der Waals surface area (Å²) in [6, 6.07) is 0. The quantitative estimate of drug-likeness (QED) is 0.372. The number of unbranched alkanes of at least 4 members (excludes halogenated alkanes) is 1. The van der Waals surface area contributed by atoms with Crippen LogP contribution in [0.3, 0.4) is 0 Å². The standard InChI is InChI=1S/C13H23N/c1-4-5-6-7-8-9-10-11-14-12-13(2)3/h8-9,13-14H,6-7,10-12H2,1-3H3/b9-8+. The first-order valence-electron chi connectivity index (χ1n) is 5.52. The SMILES string of the molecule is CC#CCC/C=C/CCNCC(C)C. The lowest BCUT2D eigenvalue weighted by molar-refractivity contribution is 0.556. The van der Waals surface area contributed by atoms with E-state index in [1.54, 1.807) is 0 Å². The van der Waals surface area contributed by atoms with Crippen LogP contribution in [0.25, 0.3) is 0 Å². The van der Waals surface area contributed by atoms with Gasteiger partial charge in [-0.3, -0.25) is 0 Å². The summed E-state index contributed by atoms with van der Waals surface area (Å²) in [7, 11) is 0. The number of hydrogen-bond donors (Lipinski definition) is 1. The molecule has 0 aliphatic rings. The Morgan fingerprint density at radius 1 is 1.21 bits per heavy atom. The van der Waals surface area contributed by atoms with Crippen LogP contribution < -0.4 is 5.32 Å². The van der Waals surface area contributed by atoms with Crippen LogP contribution in [0.4, 0.5) is 0 Å². The van der Waals surface area contributed by atoms with Crippen molar-refractivity contribution in [3.8, 4) is 11.8 Å². The Balaban J connectivity index is 3.13. The van der Waals surface area contributed by atoms with E-state index in [2.05, 4.69) is 43.2 Å². The van der Waals surface area contributed by atoms with Crippen molar-refractivity contribution in [1.29, 1.82) is 0 Å². The minimum absolute atomic E-state index is 0.749. The van der Waals surface area contributed by atoms with Crippen LogP contribution in [0.5, 0.6) is 0 Å². The maximum absolute atomic E-state index is 3.41. The highest BCUT2D eigenvalue weighted by molar-refractivity contribution is 4.97. The molecule has 0 fully saturated rings. The Bertz CT molecular complexity index is 193. The first kappa shape index (κ1) is 13.3. The van der Waals surface area contributed by atoms with Gasteiger partial charge < -0.3 is 5.32 Å². The molecule has 1 N–H and O–H groups in total. The fraction of sp³-hybridized carbons (Fsp3) is 0.692. The molecule has 0 aromatic carbocycles. The van der Waals surface area contributed by atoms with Crippen LogP contribution in [0.2, 0.25) is 0 Å². The fourth-order valence-electron chi connectivity index (χ4n) is 1.09. The molecule has 0 spiro atoms. The second-order valence-corrected chi connectivity index (χ2v) is 3.82. The minimum Gasteiger partial charge on any atom is -0.316 e. The summed E-state index contributed by atoms with van der Waals surface area (Å²) in [4.78, 5) is 0. The summed E-state index contributed by atoms with van der Waals surface area (Å²) in [5, 5.41) is 3.41. The van der Waals surface area contributed by atoms with Crippen molar-refractivity contribution >= 4 is 0 Å². The van der Waals surface area contributed by atoms with E-state index in [0.29, 0.717) is 0 Å². The van der Waals surface area contributed by atoms with Gasteiger partial charge in [-0.1, -0.05) is 26.0 Å². The summed E-state index contributed by atoms with van der Waals surface area (Å²) in [6.07, 6.45) is 7.68. The molecule has 0 atom stereocenters. The zero-order valence-corrected chi connectivity index (χ0v) is 9.77. The maximum atomic E-state index is 3.41. The molecule has 1 nitrogen and oxygen atoms in total. The molecule has 0 aromatic heterocycles. The van der Waals surface area contributed by atoms with Gasteiger partial charge in [-0.05, 0) is 38.8 Å². The van der Waals surface area contributed by atoms with Gasteiger partial charge in [-0.15, -0.1) is 11.8 Å². The number of allylic oxidation sites excluding steroid dienone is 1. The Labute approximate surface area is 89.0 Å². The molecule has 80 valence electrons. The highest BCUT2D eigenvalue weighted by Crippen LogP contribution is 1.91. The predicted octanol–water partition coefficient (Wildman–Crippen LogP) is 2.98. The third kappa shape index (κ3) is 11.3. The topological polar surface area (TPSA) is 12.0 Å². The lowest BCUT2D eigenvalue weighted by atomic mass is 10.2. The third-order valence-electron chi connectivity index (χ3n) is 1.82. The maximum Gasteiger partial charge on any atom is 0.0123 e. The molecular formula is C13H23N. The van der Waals surface area contributed by atoms with Crippen molar-refractivity contribution in [3.63, 3.8) is 0 Å². The van der Waals surface area contributed by atoms with E-state index < -0.39 is 0 Å². The van der Waals surface area contributed by atoms with Crippen LogP contribution >= 0.6 is 0 Å². The summed E-state index contributed by atoms with van der Waals surface area (Å²) in [5.41, 5.74) is 0. The Hall–Kier alpha value is -0.740. The van der Waals surface area contributed by atoms with Crippen LogP contribution in [0.1, 0.15) is 40.0 Å². The minimum atomic E-state index is 0.749. The first-order chi connectivity index (χ1) is 6.77. The zero-order chi connectivity index (χ0) is 10.6. The van der Waals surface area contributed by atoms with Gasteiger partial charge in [0.1, 0.15) is 0 Å². The van der Waals surface area contributed by atoms with Gasteiger partial charge in [-0.2, -0.15) is 0 Å². The first-order valence-corrected chi connectivity index (χ1v) is 5.52. The summed E-state index contributed by atoms with van der Waals surface area (Å²) < 4.78 is 0. The van der Waals surface area contributed by atoms with Gasteiger partial charge in [0.25, 0.3) is 0 Å². The molecule has 0 radical (unpaired) electrons. The van der Waals surface area contributed by atoms with Gasteiger partial charge in [0.15, 0.2) is 0 Å². The van der Waals surface area contributed by atoms with Crippen molar-refractivity contribution in [3.05, 3.63) is 12.2 Å².